The molecule has 0 aliphatic heterocycles. The van der Waals surface area contributed by atoms with Crippen LogP contribution in [0.1, 0.15) is 22.0 Å². The Morgan fingerprint density at radius 2 is 1.41 bits per heavy atom. The number of amides is 2. The standard InChI is InChI=1S/C25H22F2N2O4S/c1-29(2)25(32)34-18-13-11-16(12-14-18)15-7-9-17(10-8-15)22(24(31)33-3)28-23(30)21-19(26)5-4-6-20(21)27/h4-14,22H,1-3H3,(H,28,30). The average Bonchev–Trinajstić information content (AvgIpc) is 2.82. The molecular weight excluding hydrogens is 462 g/mol. The molecule has 3 rings (SSSR count). The van der Waals surface area contributed by atoms with Crippen LogP contribution < -0.4 is 5.32 Å². The van der Waals surface area contributed by atoms with Gasteiger partial charge in [-0.1, -0.05) is 42.5 Å². The second-order valence-electron chi connectivity index (χ2n) is 7.44. The molecule has 3 aromatic carbocycles. The van der Waals surface area contributed by atoms with Gasteiger partial charge in [0.15, 0.2) is 6.04 Å². The number of nitrogens with one attached hydrogen (secondary N) is 1. The summed E-state index contributed by atoms with van der Waals surface area (Å²) < 4.78 is 32.7. The molecule has 0 heterocycles. The van der Waals surface area contributed by atoms with Gasteiger partial charge in [0.2, 0.25) is 0 Å². The second kappa shape index (κ2) is 10.9. The number of carbonyl (C=O) groups excluding carboxylic acids is 3. The number of halogens is 2. The monoisotopic (exact) mass is 484 g/mol. The molecule has 0 aliphatic rings. The summed E-state index contributed by atoms with van der Waals surface area (Å²) in [7, 11) is 4.52. The van der Waals surface area contributed by atoms with Gasteiger partial charge in [-0.25, -0.2) is 13.6 Å². The molecular formula is C25H22F2N2O4S. The van der Waals surface area contributed by atoms with E-state index in [2.05, 4.69) is 5.32 Å². The maximum Gasteiger partial charge on any atom is 0.333 e. The van der Waals surface area contributed by atoms with Crippen molar-refractivity contribution in [1.82, 2.24) is 10.2 Å². The van der Waals surface area contributed by atoms with Gasteiger partial charge in [-0.05, 0) is 52.7 Å². The summed E-state index contributed by atoms with van der Waals surface area (Å²) in [5.74, 6) is -3.93. The van der Waals surface area contributed by atoms with Gasteiger partial charge in [-0.2, -0.15) is 0 Å². The number of esters is 1. The number of hydrogen-bond donors (Lipinski definition) is 1. The Kier molecular flexibility index (Phi) is 8.01. The fourth-order valence-corrected chi connectivity index (χ4v) is 3.75. The summed E-state index contributed by atoms with van der Waals surface area (Å²) in [6, 6.07) is 15.9. The van der Waals surface area contributed by atoms with Crippen LogP contribution in [0.2, 0.25) is 0 Å². The molecule has 176 valence electrons. The zero-order valence-corrected chi connectivity index (χ0v) is 19.5. The lowest BCUT2D eigenvalue weighted by molar-refractivity contribution is -0.143. The highest BCUT2D eigenvalue weighted by atomic mass is 32.2. The molecule has 3 aromatic rings. The molecule has 1 N–H and O–H groups in total. The zero-order chi connectivity index (χ0) is 24.8. The third-order valence-corrected chi connectivity index (χ3v) is 5.95. The van der Waals surface area contributed by atoms with Gasteiger partial charge >= 0.3 is 5.97 Å². The number of rotatable bonds is 6. The van der Waals surface area contributed by atoms with Gasteiger partial charge in [0.05, 0.1) is 7.11 Å². The molecule has 34 heavy (non-hydrogen) atoms. The van der Waals surface area contributed by atoms with Crippen molar-refractivity contribution in [3.05, 3.63) is 89.5 Å². The van der Waals surface area contributed by atoms with Crippen molar-refractivity contribution in [2.75, 3.05) is 21.2 Å². The van der Waals surface area contributed by atoms with E-state index in [9.17, 15) is 23.2 Å². The summed E-state index contributed by atoms with van der Waals surface area (Å²) in [5.41, 5.74) is 1.30. The Morgan fingerprint density at radius 1 is 0.882 bits per heavy atom. The largest absolute Gasteiger partial charge is 0.467 e. The van der Waals surface area contributed by atoms with Gasteiger partial charge < -0.3 is 15.0 Å². The maximum atomic E-state index is 14.0. The summed E-state index contributed by atoms with van der Waals surface area (Å²) in [4.78, 5) is 38.9. The van der Waals surface area contributed by atoms with Crippen LogP contribution in [0.5, 0.6) is 0 Å². The number of nitrogens with zero attached hydrogens (tertiary/aromatic N) is 1. The molecule has 0 fully saturated rings. The Morgan fingerprint density at radius 3 is 1.91 bits per heavy atom. The minimum atomic E-state index is -1.26. The first-order valence-corrected chi connectivity index (χ1v) is 10.9. The summed E-state index contributed by atoms with van der Waals surface area (Å²) in [6.45, 7) is 0. The van der Waals surface area contributed by atoms with Crippen LogP contribution in [-0.2, 0) is 9.53 Å². The molecule has 0 bridgehead atoms. The van der Waals surface area contributed by atoms with Gasteiger partial charge in [0.1, 0.15) is 17.2 Å². The van der Waals surface area contributed by atoms with E-state index >= 15 is 0 Å². The first-order chi connectivity index (χ1) is 16.2. The minimum absolute atomic E-state index is 0.0803. The lowest BCUT2D eigenvalue weighted by atomic mass is 10.0. The van der Waals surface area contributed by atoms with Gasteiger partial charge in [-0.15, -0.1) is 0 Å². The van der Waals surface area contributed by atoms with E-state index in [1.165, 1.54) is 4.90 Å². The lowest BCUT2D eigenvalue weighted by Crippen LogP contribution is -2.35. The van der Waals surface area contributed by atoms with E-state index in [1.54, 1.807) is 38.4 Å². The quantitative estimate of drug-likeness (QED) is 0.392. The average molecular weight is 485 g/mol. The predicted molar refractivity (Wildman–Crippen MR) is 125 cm³/mol. The van der Waals surface area contributed by atoms with Crippen LogP contribution in [0.3, 0.4) is 0 Å². The zero-order valence-electron chi connectivity index (χ0n) is 18.7. The molecule has 0 saturated heterocycles. The predicted octanol–water partition coefficient (Wildman–Crippen LogP) is 5.05. The topological polar surface area (TPSA) is 75.7 Å². The molecule has 6 nitrogen and oxygen atoms in total. The molecule has 0 saturated carbocycles. The van der Waals surface area contributed by atoms with E-state index < -0.39 is 35.1 Å². The van der Waals surface area contributed by atoms with Crippen LogP contribution >= 0.6 is 11.8 Å². The Labute approximate surface area is 199 Å². The van der Waals surface area contributed by atoms with Crippen molar-refractivity contribution in [2.24, 2.45) is 0 Å². The van der Waals surface area contributed by atoms with Gasteiger partial charge in [0.25, 0.3) is 11.1 Å². The number of ether oxygens (including phenoxy) is 1. The molecule has 1 unspecified atom stereocenters. The molecule has 0 aliphatic carbocycles. The Bertz CT molecular complexity index is 1180. The fraction of sp³-hybridized carbons (Fsp3) is 0.160. The highest BCUT2D eigenvalue weighted by molar-refractivity contribution is 8.13. The molecule has 2 amide bonds. The normalized spacial score (nSPS) is 11.4. The van der Waals surface area contributed by atoms with Crippen molar-refractivity contribution in [3.8, 4) is 11.1 Å². The fourth-order valence-electron chi connectivity index (χ4n) is 3.09. The molecule has 1 atom stereocenters. The minimum Gasteiger partial charge on any atom is -0.467 e. The van der Waals surface area contributed by atoms with Gasteiger partial charge in [0, 0.05) is 19.0 Å². The SMILES string of the molecule is COC(=O)C(NC(=O)c1c(F)cccc1F)c1ccc(-c2ccc(SC(=O)N(C)C)cc2)cc1. The van der Waals surface area contributed by atoms with Crippen LogP contribution in [0.4, 0.5) is 13.6 Å². The van der Waals surface area contributed by atoms with Crippen molar-refractivity contribution >= 4 is 28.9 Å². The van der Waals surface area contributed by atoms with Crippen molar-refractivity contribution < 1.29 is 27.9 Å². The molecule has 0 spiro atoms. The number of hydrogen-bond acceptors (Lipinski definition) is 5. The highest BCUT2D eigenvalue weighted by Gasteiger charge is 2.27. The van der Waals surface area contributed by atoms with E-state index in [4.69, 9.17) is 4.74 Å². The van der Waals surface area contributed by atoms with Crippen molar-refractivity contribution in [3.63, 3.8) is 0 Å². The molecule has 9 heteroatoms. The van der Waals surface area contributed by atoms with Crippen LogP contribution in [-0.4, -0.2) is 43.2 Å². The Hall–Kier alpha value is -3.72. The molecule has 0 radical (unpaired) electrons. The summed E-state index contributed by atoms with van der Waals surface area (Å²) in [5, 5.41) is 2.26. The number of carbonyl (C=O) groups is 3. The smallest absolute Gasteiger partial charge is 0.333 e. The molecule has 0 aromatic heterocycles. The number of benzene rings is 3. The van der Waals surface area contributed by atoms with E-state index in [1.807, 2.05) is 24.3 Å². The highest BCUT2D eigenvalue weighted by Crippen LogP contribution is 2.27. The maximum absolute atomic E-state index is 14.0. The third-order valence-electron chi connectivity index (χ3n) is 4.90. The number of methoxy groups -OCH3 is 1. The first kappa shape index (κ1) is 24.9. The Balaban J connectivity index is 1.80. The van der Waals surface area contributed by atoms with E-state index in [0.29, 0.717) is 5.56 Å². The van der Waals surface area contributed by atoms with Crippen LogP contribution in [0.15, 0.2) is 71.6 Å². The second-order valence-corrected chi connectivity index (χ2v) is 8.46. The number of thioether (sulfide) groups is 1. The van der Waals surface area contributed by atoms with E-state index in [0.717, 1.165) is 53.1 Å². The summed E-state index contributed by atoms with van der Waals surface area (Å²) in [6.07, 6.45) is 0. The van der Waals surface area contributed by atoms with Crippen molar-refractivity contribution in [1.29, 1.82) is 0 Å². The summed E-state index contributed by atoms with van der Waals surface area (Å²) >= 11 is 1.12. The first-order valence-electron chi connectivity index (χ1n) is 10.1. The van der Waals surface area contributed by atoms with Crippen LogP contribution in [0, 0.1) is 11.6 Å². The lowest BCUT2D eigenvalue weighted by Gasteiger charge is -2.18. The van der Waals surface area contributed by atoms with Crippen LogP contribution in [0.25, 0.3) is 11.1 Å². The van der Waals surface area contributed by atoms with Gasteiger partial charge in [-0.3, -0.25) is 9.59 Å². The third kappa shape index (κ3) is 5.79. The van der Waals surface area contributed by atoms with Crippen molar-refractivity contribution in [2.45, 2.75) is 10.9 Å². The van der Waals surface area contributed by atoms with E-state index in [-0.39, 0.29) is 5.24 Å².